The first-order valence-electron chi connectivity index (χ1n) is 6.91. The third-order valence-electron chi connectivity index (χ3n) is 3.30. The second kappa shape index (κ2) is 7.17. The van der Waals surface area contributed by atoms with Crippen molar-refractivity contribution >= 4 is 0 Å². The number of nitrogens with two attached hydrogens (primary N) is 1. The molecule has 0 aliphatic carbocycles. The van der Waals surface area contributed by atoms with Crippen molar-refractivity contribution < 1.29 is 9.26 Å². The summed E-state index contributed by atoms with van der Waals surface area (Å²) in [5.74, 6) is 1.26. The fourth-order valence-corrected chi connectivity index (χ4v) is 2.23. The molecule has 1 aromatic carbocycles. The Morgan fingerprint density at radius 3 is 2.65 bits per heavy atom. The van der Waals surface area contributed by atoms with Crippen LogP contribution in [0.2, 0.25) is 0 Å². The van der Waals surface area contributed by atoms with Gasteiger partial charge in [-0.05, 0) is 12.0 Å². The Balaban J connectivity index is 2.22. The van der Waals surface area contributed by atoms with E-state index in [1.54, 1.807) is 7.11 Å². The largest absolute Gasteiger partial charge is 0.369 e. The minimum absolute atomic E-state index is 0.120. The standard InChI is InChI=1S/C15H21N3O2/c1-3-7-12(10-16)15-17-14(18-20-15)13(19-2)11-8-5-4-6-9-11/h4-6,8-9,12-13H,3,7,10,16H2,1-2H3. The fraction of sp³-hybridized carbons (Fsp3) is 0.467. The van der Waals surface area contributed by atoms with Crippen LogP contribution in [0.25, 0.3) is 0 Å². The number of methoxy groups -OCH3 is 1. The molecule has 0 bridgehead atoms. The zero-order valence-corrected chi connectivity index (χ0v) is 12.0. The molecule has 2 N–H and O–H groups in total. The number of hydrogen-bond donors (Lipinski definition) is 1. The van der Waals surface area contributed by atoms with Gasteiger partial charge in [-0.2, -0.15) is 4.98 Å². The van der Waals surface area contributed by atoms with Crippen LogP contribution in [0.15, 0.2) is 34.9 Å². The van der Waals surface area contributed by atoms with Gasteiger partial charge in [0.15, 0.2) is 0 Å². The van der Waals surface area contributed by atoms with Gasteiger partial charge in [0.1, 0.15) is 6.10 Å². The molecule has 1 aromatic heterocycles. The van der Waals surface area contributed by atoms with Crippen LogP contribution >= 0.6 is 0 Å². The summed E-state index contributed by atoms with van der Waals surface area (Å²) in [4.78, 5) is 4.46. The summed E-state index contributed by atoms with van der Waals surface area (Å²) in [6, 6.07) is 9.85. The predicted octanol–water partition coefficient (Wildman–Crippen LogP) is 2.65. The average Bonchev–Trinajstić information content (AvgIpc) is 2.96. The van der Waals surface area contributed by atoms with E-state index in [1.165, 1.54) is 0 Å². The zero-order valence-electron chi connectivity index (χ0n) is 12.0. The lowest BCUT2D eigenvalue weighted by Gasteiger charge is -2.11. The van der Waals surface area contributed by atoms with Crippen molar-refractivity contribution in [2.75, 3.05) is 13.7 Å². The molecule has 20 heavy (non-hydrogen) atoms. The van der Waals surface area contributed by atoms with E-state index in [1.807, 2.05) is 30.3 Å². The number of benzene rings is 1. The van der Waals surface area contributed by atoms with Crippen molar-refractivity contribution in [1.82, 2.24) is 10.1 Å². The van der Waals surface area contributed by atoms with Crippen molar-refractivity contribution in [3.05, 3.63) is 47.6 Å². The second-order valence-electron chi connectivity index (χ2n) is 4.74. The molecular formula is C15H21N3O2. The predicted molar refractivity (Wildman–Crippen MR) is 76.3 cm³/mol. The third-order valence-corrected chi connectivity index (χ3v) is 3.30. The van der Waals surface area contributed by atoms with E-state index in [4.69, 9.17) is 15.0 Å². The van der Waals surface area contributed by atoms with Crippen LogP contribution in [0.5, 0.6) is 0 Å². The molecule has 0 saturated carbocycles. The topological polar surface area (TPSA) is 74.2 Å². The number of aromatic nitrogens is 2. The summed E-state index contributed by atoms with van der Waals surface area (Å²) >= 11 is 0. The molecule has 0 fully saturated rings. The highest BCUT2D eigenvalue weighted by atomic mass is 16.5. The highest BCUT2D eigenvalue weighted by Gasteiger charge is 2.23. The first-order chi connectivity index (χ1) is 9.80. The lowest BCUT2D eigenvalue weighted by atomic mass is 10.0. The third kappa shape index (κ3) is 3.23. The molecule has 5 nitrogen and oxygen atoms in total. The van der Waals surface area contributed by atoms with E-state index < -0.39 is 0 Å². The lowest BCUT2D eigenvalue weighted by molar-refractivity contribution is 0.126. The van der Waals surface area contributed by atoms with E-state index in [0.717, 1.165) is 18.4 Å². The van der Waals surface area contributed by atoms with Gasteiger partial charge in [0.2, 0.25) is 11.7 Å². The summed E-state index contributed by atoms with van der Waals surface area (Å²) in [7, 11) is 1.64. The van der Waals surface area contributed by atoms with E-state index >= 15 is 0 Å². The molecule has 2 atom stereocenters. The number of ether oxygens (including phenoxy) is 1. The summed E-state index contributed by atoms with van der Waals surface area (Å²) in [6.45, 7) is 2.63. The molecule has 2 rings (SSSR count). The van der Waals surface area contributed by atoms with E-state index in [-0.39, 0.29) is 12.0 Å². The van der Waals surface area contributed by atoms with Crippen molar-refractivity contribution in [3.8, 4) is 0 Å². The van der Waals surface area contributed by atoms with Gasteiger partial charge in [-0.25, -0.2) is 0 Å². The van der Waals surface area contributed by atoms with E-state index in [0.29, 0.717) is 18.3 Å². The molecule has 0 saturated heterocycles. The van der Waals surface area contributed by atoms with Gasteiger partial charge in [0.05, 0.1) is 5.92 Å². The van der Waals surface area contributed by atoms with Crippen LogP contribution in [0.1, 0.15) is 49.1 Å². The van der Waals surface area contributed by atoms with E-state index in [2.05, 4.69) is 17.1 Å². The van der Waals surface area contributed by atoms with Crippen molar-refractivity contribution in [1.29, 1.82) is 0 Å². The Bertz CT molecular complexity index is 513. The Morgan fingerprint density at radius 1 is 1.30 bits per heavy atom. The lowest BCUT2D eigenvalue weighted by Crippen LogP contribution is -2.13. The molecular weight excluding hydrogens is 254 g/mol. The molecule has 0 aliphatic rings. The molecule has 2 aromatic rings. The normalized spacial score (nSPS) is 14.2. The van der Waals surface area contributed by atoms with Crippen molar-refractivity contribution in [2.45, 2.75) is 31.8 Å². The molecule has 0 spiro atoms. The summed E-state index contributed by atoms with van der Waals surface area (Å²) in [6.07, 6.45) is 1.67. The van der Waals surface area contributed by atoms with Crippen LogP contribution in [-0.4, -0.2) is 23.8 Å². The Hall–Kier alpha value is -1.72. The maximum atomic E-state index is 5.76. The smallest absolute Gasteiger partial charge is 0.231 e. The SMILES string of the molecule is CCCC(CN)c1nc(C(OC)c2ccccc2)no1. The van der Waals surface area contributed by atoms with Crippen LogP contribution in [0, 0.1) is 0 Å². The summed E-state index contributed by atoms with van der Waals surface area (Å²) < 4.78 is 10.8. The number of rotatable bonds is 7. The second-order valence-corrected chi connectivity index (χ2v) is 4.74. The van der Waals surface area contributed by atoms with Crippen LogP contribution in [-0.2, 0) is 4.74 Å². The molecule has 5 heteroatoms. The van der Waals surface area contributed by atoms with Crippen LogP contribution in [0.4, 0.5) is 0 Å². The maximum absolute atomic E-state index is 5.76. The van der Waals surface area contributed by atoms with Gasteiger partial charge in [0, 0.05) is 13.7 Å². The van der Waals surface area contributed by atoms with Gasteiger partial charge < -0.3 is 15.0 Å². The van der Waals surface area contributed by atoms with Gasteiger partial charge in [0.25, 0.3) is 0 Å². The highest BCUT2D eigenvalue weighted by molar-refractivity contribution is 5.22. The fourth-order valence-electron chi connectivity index (χ4n) is 2.23. The van der Waals surface area contributed by atoms with Crippen molar-refractivity contribution in [2.24, 2.45) is 5.73 Å². The van der Waals surface area contributed by atoms with Gasteiger partial charge in [-0.15, -0.1) is 0 Å². The summed E-state index contributed by atoms with van der Waals surface area (Å²) in [5.41, 5.74) is 6.76. The van der Waals surface area contributed by atoms with Gasteiger partial charge >= 0.3 is 0 Å². The molecule has 108 valence electrons. The Kier molecular flexibility index (Phi) is 5.26. The number of nitrogens with zero attached hydrogens (tertiary/aromatic N) is 2. The van der Waals surface area contributed by atoms with Gasteiger partial charge in [-0.3, -0.25) is 0 Å². The van der Waals surface area contributed by atoms with Crippen LogP contribution < -0.4 is 5.73 Å². The molecule has 0 aliphatic heterocycles. The quantitative estimate of drug-likeness (QED) is 0.840. The first-order valence-corrected chi connectivity index (χ1v) is 6.91. The maximum Gasteiger partial charge on any atom is 0.231 e. The Labute approximate surface area is 119 Å². The molecule has 0 amide bonds. The average molecular weight is 275 g/mol. The first kappa shape index (κ1) is 14.7. The van der Waals surface area contributed by atoms with Gasteiger partial charge in [-0.1, -0.05) is 48.8 Å². The van der Waals surface area contributed by atoms with E-state index in [9.17, 15) is 0 Å². The minimum atomic E-state index is -0.311. The number of hydrogen-bond acceptors (Lipinski definition) is 5. The van der Waals surface area contributed by atoms with Crippen LogP contribution in [0.3, 0.4) is 0 Å². The molecule has 1 heterocycles. The Morgan fingerprint density at radius 2 is 2.05 bits per heavy atom. The summed E-state index contributed by atoms with van der Waals surface area (Å²) in [5, 5.41) is 4.05. The minimum Gasteiger partial charge on any atom is -0.369 e. The zero-order chi connectivity index (χ0) is 14.4. The highest BCUT2D eigenvalue weighted by Crippen LogP contribution is 2.25. The monoisotopic (exact) mass is 275 g/mol. The van der Waals surface area contributed by atoms with Crippen molar-refractivity contribution in [3.63, 3.8) is 0 Å². The molecule has 0 radical (unpaired) electrons. The molecule has 2 unspecified atom stereocenters.